The first-order chi connectivity index (χ1) is 5.61. The van der Waals surface area contributed by atoms with Gasteiger partial charge in [0, 0.05) is 0 Å². The highest BCUT2D eigenvalue weighted by Crippen LogP contribution is 2.15. The molecule has 64 valence electrons. The fraction of sp³-hybridized carbons (Fsp3) is 0.222. The van der Waals surface area contributed by atoms with E-state index in [2.05, 4.69) is 0 Å². The summed E-state index contributed by atoms with van der Waals surface area (Å²) in [4.78, 5) is 10.5. The van der Waals surface area contributed by atoms with Gasteiger partial charge in [-0.2, -0.15) is 0 Å². The number of benzene rings is 1. The van der Waals surface area contributed by atoms with Gasteiger partial charge >= 0.3 is 0 Å². The summed E-state index contributed by atoms with van der Waals surface area (Å²) in [6.07, 6.45) is -1.20. The minimum absolute atomic E-state index is 0.528. The highest BCUT2D eigenvalue weighted by molar-refractivity contribution is 6.64. The molecule has 1 aromatic rings. The number of aryl methyl sites for hydroxylation is 1. The topological polar surface area (TPSA) is 37.3 Å². The van der Waals surface area contributed by atoms with Crippen molar-refractivity contribution in [3.05, 3.63) is 35.4 Å². The Kier molecular flexibility index (Phi) is 2.84. The van der Waals surface area contributed by atoms with Crippen molar-refractivity contribution in [3.8, 4) is 0 Å². The summed E-state index contributed by atoms with van der Waals surface area (Å²) < 4.78 is 0. The molecule has 0 bridgehead atoms. The Hall–Kier alpha value is -0.860. The van der Waals surface area contributed by atoms with Gasteiger partial charge in [-0.3, -0.25) is 4.79 Å². The number of carbonyl (C=O) groups is 1. The molecule has 1 N–H and O–H groups in total. The van der Waals surface area contributed by atoms with E-state index in [1.807, 2.05) is 19.1 Å². The van der Waals surface area contributed by atoms with Gasteiger partial charge in [-0.05, 0) is 24.1 Å². The average molecular weight is 185 g/mol. The molecule has 1 aromatic carbocycles. The molecule has 0 aliphatic carbocycles. The van der Waals surface area contributed by atoms with Crippen LogP contribution in [0.15, 0.2) is 24.3 Å². The van der Waals surface area contributed by atoms with Crippen LogP contribution in [0.4, 0.5) is 0 Å². The van der Waals surface area contributed by atoms with Gasteiger partial charge in [0.1, 0.15) is 0 Å². The van der Waals surface area contributed by atoms with Crippen LogP contribution >= 0.6 is 11.6 Å². The summed E-state index contributed by atoms with van der Waals surface area (Å²) in [5.41, 5.74) is 1.61. The van der Waals surface area contributed by atoms with Crippen molar-refractivity contribution in [2.24, 2.45) is 0 Å². The molecule has 0 aliphatic rings. The third kappa shape index (κ3) is 2.06. The zero-order valence-corrected chi connectivity index (χ0v) is 7.38. The quantitative estimate of drug-likeness (QED) is 0.712. The number of rotatable bonds is 2. The van der Waals surface area contributed by atoms with Crippen LogP contribution in [0.1, 0.15) is 17.2 Å². The monoisotopic (exact) mass is 184 g/mol. The first kappa shape index (κ1) is 9.23. The molecular formula is C9H9ClO2. The van der Waals surface area contributed by atoms with E-state index in [-0.39, 0.29) is 0 Å². The van der Waals surface area contributed by atoms with Gasteiger partial charge in [-0.15, -0.1) is 0 Å². The van der Waals surface area contributed by atoms with Crippen molar-refractivity contribution in [2.75, 3.05) is 0 Å². The minimum Gasteiger partial charge on any atom is -0.379 e. The maximum absolute atomic E-state index is 10.5. The Labute approximate surface area is 75.8 Å². The van der Waals surface area contributed by atoms with Crippen molar-refractivity contribution >= 4 is 16.8 Å². The number of halogens is 1. The predicted molar refractivity (Wildman–Crippen MR) is 47.0 cm³/mol. The predicted octanol–water partition coefficient (Wildman–Crippen LogP) is 1.79. The Balaban J connectivity index is 2.89. The Morgan fingerprint density at radius 3 is 2.33 bits per heavy atom. The van der Waals surface area contributed by atoms with Crippen LogP contribution in [-0.4, -0.2) is 10.3 Å². The third-order valence-corrected chi connectivity index (χ3v) is 1.81. The molecule has 0 saturated heterocycles. The van der Waals surface area contributed by atoms with Crippen molar-refractivity contribution in [3.63, 3.8) is 0 Å². The summed E-state index contributed by atoms with van der Waals surface area (Å²) in [7, 11) is 0. The van der Waals surface area contributed by atoms with E-state index in [1.165, 1.54) is 0 Å². The molecule has 3 heteroatoms. The summed E-state index contributed by atoms with van der Waals surface area (Å²) in [5.74, 6) is 0. The summed E-state index contributed by atoms with van der Waals surface area (Å²) >= 11 is 5.11. The van der Waals surface area contributed by atoms with E-state index in [9.17, 15) is 9.90 Å². The van der Waals surface area contributed by atoms with Gasteiger partial charge in [-0.25, -0.2) is 0 Å². The first-order valence-corrected chi connectivity index (χ1v) is 3.93. The third-order valence-electron chi connectivity index (χ3n) is 1.61. The lowest BCUT2D eigenvalue weighted by Crippen LogP contribution is -2.04. The average Bonchev–Trinajstić information content (AvgIpc) is 2.04. The molecule has 0 amide bonds. The van der Waals surface area contributed by atoms with Crippen molar-refractivity contribution in [1.82, 2.24) is 0 Å². The van der Waals surface area contributed by atoms with Crippen molar-refractivity contribution < 1.29 is 9.90 Å². The Morgan fingerprint density at radius 2 is 1.92 bits per heavy atom. The zero-order valence-electron chi connectivity index (χ0n) is 6.62. The fourth-order valence-electron chi connectivity index (χ4n) is 0.880. The summed E-state index contributed by atoms with van der Waals surface area (Å²) in [6, 6.07) is 7.00. The van der Waals surface area contributed by atoms with Crippen LogP contribution in [-0.2, 0) is 4.79 Å². The molecule has 1 rings (SSSR count). The molecule has 1 unspecified atom stereocenters. The largest absolute Gasteiger partial charge is 0.379 e. The Bertz CT molecular complexity index is 279. The lowest BCUT2D eigenvalue weighted by molar-refractivity contribution is -0.119. The van der Waals surface area contributed by atoms with E-state index < -0.39 is 11.3 Å². The van der Waals surface area contributed by atoms with Gasteiger partial charge < -0.3 is 5.11 Å². The van der Waals surface area contributed by atoms with Gasteiger partial charge in [-0.1, -0.05) is 29.8 Å². The van der Waals surface area contributed by atoms with E-state index in [0.29, 0.717) is 5.56 Å². The number of aliphatic hydroxyl groups is 1. The number of carbonyl (C=O) groups excluding carboxylic acids is 1. The standard InChI is InChI=1S/C9H9ClO2/c1-6-2-4-7(5-3-6)8(11)9(10)12/h2-5,8,11H,1H3. The molecule has 0 aromatic heterocycles. The number of aliphatic hydroxyl groups excluding tert-OH is 1. The number of hydrogen-bond acceptors (Lipinski definition) is 2. The van der Waals surface area contributed by atoms with Crippen LogP contribution in [0.5, 0.6) is 0 Å². The molecule has 0 heterocycles. The molecule has 1 atom stereocenters. The van der Waals surface area contributed by atoms with Crippen molar-refractivity contribution in [1.29, 1.82) is 0 Å². The second-order valence-corrected chi connectivity index (χ2v) is 2.99. The minimum atomic E-state index is -1.20. The highest BCUT2D eigenvalue weighted by atomic mass is 35.5. The van der Waals surface area contributed by atoms with Gasteiger partial charge in [0.2, 0.25) is 0 Å². The van der Waals surface area contributed by atoms with Gasteiger partial charge in [0.25, 0.3) is 5.24 Å². The lowest BCUT2D eigenvalue weighted by Gasteiger charge is -2.04. The molecule has 0 saturated carbocycles. The van der Waals surface area contributed by atoms with Crippen molar-refractivity contribution in [2.45, 2.75) is 13.0 Å². The van der Waals surface area contributed by atoms with E-state index in [1.54, 1.807) is 12.1 Å². The van der Waals surface area contributed by atoms with E-state index in [4.69, 9.17) is 11.6 Å². The molecule has 0 spiro atoms. The van der Waals surface area contributed by atoms with E-state index in [0.717, 1.165) is 5.56 Å². The molecule has 0 radical (unpaired) electrons. The highest BCUT2D eigenvalue weighted by Gasteiger charge is 2.13. The zero-order chi connectivity index (χ0) is 9.14. The second kappa shape index (κ2) is 3.70. The maximum atomic E-state index is 10.5. The summed E-state index contributed by atoms with van der Waals surface area (Å²) in [6.45, 7) is 1.93. The Morgan fingerprint density at radius 1 is 1.42 bits per heavy atom. The SMILES string of the molecule is Cc1ccc(C(O)C(=O)Cl)cc1. The molecule has 12 heavy (non-hydrogen) atoms. The normalized spacial score (nSPS) is 12.6. The smallest absolute Gasteiger partial charge is 0.254 e. The molecular weight excluding hydrogens is 176 g/mol. The van der Waals surface area contributed by atoms with Crippen LogP contribution in [0.3, 0.4) is 0 Å². The van der Waals surface area contributed by atoms with Crippen LogP contribution < -0.4 is 0 Å². The molecule has 0 aliphatic heterocycles. The van der Waals surface area contributed by atoms with Gasteiger partial charge in [0.15, 0.2) is 6.10 Å². The maximum Gasteiger partial charge on any atom is 0.254 e. The first-order valence-electron chi connectivity index (χ1n) is 3.55. The number of hydrogen-bond donors (Lipinski definition) is 1. The fourth-order valence-corrected chi connectivity index (χ4v) is 1.01. The second-order valence-electron chi connectivity index (χ2n) is 2.62. The van der Waals surface area contributed by atoms with Gasteiger partial charge in [0.05, 0.1) is 0 Å². The van der Waals surface area contributed by atoms with Crippen LogP contribution in [0.25, 0.3) is 0 Å². The molecule has 0 fully saturated rings. The van der Waals surface area contributed by atoms with Crippen LogP contribution in [0.2, 0.25) is 0 Å². The lowest BCUT2D eigenvalue weighted by atomic mass is 10.1. The van der Waals surface area contributed by atoms with E-state index >= 15 is 0 Å². The summed E-state index contributed by atoms with van der Waals surface area (Å²) in [5, 5.41) is 8.46. The van der Waals surface area contributed by atoms with Crippen LogP contribution in [0, 0.1) is 6.92 Å². The molecule has 2 nitrogen and oxygen atoms in total.